The van der Waals surface area contributed by atoms with Crippen molar-refractivity contribution in [2.45, 2.75) is 5.92 Å². The smallest absolute Gasteiger partial charge is 0.213 e. The van der Waals surface area contributed by atoms with Gasteiger partial charge in [-0.25, -0.2) is 0 Å². The minimum atomic E-state index is 0.264. The van der Waals surface area contributed by atoms with Gasteiger partial charge in [0.2, 0.25) is 5.71 Å². The number of furan rings is 1. The van der Waals surface area contributed by atoms with Crippen LogP contribution in [0.4, 0.5) is 11.4 Å². The highest BCUT2D eigenvalue weighted by Crippen LogP contribution is 2.55. The minimum absolute atomic E-state index is 0.264. The van der Waals surface area contributed by atoms with Crippen LogP contribution in [0.5, 0.6) is 0 Å². The van der Waals surface area contributed by atoms with Crippen LogP contribution in [0.1, 0.15) is 22.6 Å². The third-order valence-electron chi connectivity index (χ3n) is 8.19. The Bertz CT molecular complexity index is 2110. The average Bonchev–Trinajstić information content (AvgIpc) is 3.69. The van der Waals surface area contributed by atoms with Gasteiger partial charge in [-0.15, -0.1) is 0 Å². The van der Waals surface area contributed by atoms with Crippen molar-refractivity contribution in [1.29, 1.82) is 0 Å². The predicted molar refractivity (Wildman–Crippen MR) is 155 cm³/mol. The summed E-state index contributed by atoms with van der Waals surface area (Å²) in [5, 5.41) is 3.53. The number of benzene rings is 5. The first-order valence-corrected chi connectivity index (χ1v) is 13.1. The van der Waals surface area contributed by atoms with E-state index < -0.39 is 0 Å². The second-order valence-electron chi connectivity index (χ2n) is 10.2. The van der Waals surface area contributed by atoms with Crippen LogP contribution in [-0.4, -0.2) is 4.57 Å². The number of nitrogens with zero attached hydrogens (tertiary/aromatic N) is 2. The molecule has 5 aromatic carbocycles. The summed E-state index contributed by atoms with van der Waals surface area (Å²) in [5.74, 6) is 0.264. The fourth-order valence-corrected chi connectivity index (χ4v) is 6.66. The fraction of sp³-hybridized carbons (Fsp3) is 0.0286. The molecule has 0 bridgehead atoms. The van der Waals surface area contributed by atoms with Gasteiger partial charge in [0.25, 0.3) is 0 Å². The number of allylic oxidation sites excluding steroid dienone is 1. The maximum Gasteiger partial charge on any atom is 0.213 e. The van der Waals surface area contributed by atoms with Gasteiger partial charge in [-0.3, -0.25) is 4.57 Å². The van der Waals surface area contributed by atoms with Crippen molar-refractivity contribution in [3.8, 4) is 5.69 Å². The molecule has 3 heterocycles. The molecule has 9 rings (SSSR count). The van der Waals surface area contributed by atoms with E-state index in [0.29, 0.717) is 0 Å². The number of aromatic nitrogens is 1. The number of anilines is 2. The van der Waals surface area contributed by atoms with Crippen LogP contribution < -0.4 is 4.90 Å². The van der Waals surface area contributed by atoms with Crippen LogP contribution in [0.15, 0.2) is 131 Å². The molecule has 7 aromatic rings. The fourth-order valence-electron chi connectivity index (χ4n) is 6.66. The molecule has 0 amide bonds. The Labute approximate surface area is 219 Å². The molecule has 2 aromatic heterocycles. The number of rotatable bonds is 2. The van der Waals surface area contributed by atoms with E-state index in [-0.39, 0.29) is 5.92 Å². The Hall–Kier alpha value is -5.02. The second kappa shape index (κ2) is 7.27. The largest absolute Gasteiger partial charge is 0.439 e. The molecule has 3 heteroatoms. The summed E-state index contributed by atoms with van der Waals surface area (Å²) in [6.45, 7) is 0. The zero-order valence-electron chi connectivity index (χ0n) is 20.5. The quantitative estimate of drug-likeness (QED) is 0.243. The summed E-state index contributed by atoms with van der Waals surface area (Å²) >= 11 is 0. The molecule has 1 unspecified atom stereocenters. The Morgan fingerprint density at radius 2 is 1.34 bits per heavy atom. The lowest BCUT2D eigenvalue weighted by Crippen LogP contribution is -2.12. The van der Waals surface area contributed by atoms with Gasteiger partial charge in [0, 0.05) is 22.2 Å². The lowest BCUT2D eigenvalue weighted by molar-refractivity contribution is 0.645. The van der Waals surface area contributed by atoms with Gasteiger partial charge in [-0.05, 0) is 59.2 Å². The molecular weight excluding hydrogens is 464 g/mol. The molecule has 1 atom stereocenters. The first kappa shape index (κ1) is 20.1. The van der Waals surface area contributed by atoms with E-state index in [4.69, 9.17) is 4.42 Å². The third-order valence-corrected chi connectivity index (χ3v) is 8.19. The highest BCUT2D eigenvalue weighted by Gasteiger charge is 2.39. The SMILES string of the molecule is C1=C2C(c3ccccc31)c1ccccc1N2c1cccc(-n2c3ccccc3c3c4ccccc4oc32)c1. The van der Waals surface area contributed by atoms with Crippen LogP contribution in [0.2, 0.25) is 0 Å². The summed E-state index contributed by atoms with van der Waals surface area (Å²) < 4.78 is 8.76. The maximum atomic E-state index is 6.49. The topological polar surface area (TPSA) is 21.3 Å². The standard InChI is InChI=1S/C35H22N2O/c1-2-13-25-22(10-1)20-31-33(25)26-14-3-6-17-29(26)36(31)23-11-9-12-24(21-23)37-30-18-7-4-15-27(30)34-28-16-5-8-19-32(28)38-35(34)37/h1-21,33H. The zero-order chi connectivity index (χ0) is 24.8. The Morgan fingerprint density at radius 1 is 0.605 bits per heavy atom. The third kappa shape index (κ3) is 2.53. The van der Waals surface area contributed by atoms with Gasteiger partial charge in [0.05, 0.1) is 28.2 Å². The average molecular weight is 487 g/mol. The first-order chi connectivity index (χ1) is 18.9. The summed E-state index contributed by atoms with van der Waals surface area (Å²) in [7, 11) is 0. The lowest BCUT2D eigenvalue weighted by atomic mass is 9.93. The van der Waals surface area contributed by atoms with E-state index in [2.05, 4.69) is 131 Å². The molecule has 0 radical (unpaired) electrons. The van der Waals surface area contributed by atoms with Crippen molar-refractivity contribution in [3.05, 3.63) is 144 Å². The van der Waals surface area contributed by atoms with Crippen molar-refractivity contribution in [1.82, 2.24) is 4.57 Å². The lowest BCUT2D eigenvalue weighted by Gasteiger charge is -2.23. The van der Waals surface area contributed by atoms with Crippen LogP contribution in [0.3, 0.4) is 0 Å². The summed E-state index contributed by atoms with van der Waals surface area (Å²) in [6, 6.07) is 43.3. The molecule has 0 spiro atoms. The second-order valence-corrected chi connectivity index (χ2v) is 10.2. The predicted octanol–water partition coefficient (Wildman–Crippen LogP) is 9.17. The van der Waals surface area contributed by atoms with E-state index in [1.807, 2.05) is 6.07 Å². The van der Waals surface area contributed by atoms with E-state index in [1.165, 1.54) is 38.8 Å². The molecule has 0 fully saturated rings. The molecule has 1 aliphatic carbocycles. The Kier molecular flexibility index (Phi) is 3.84. The molecule has 0 saturated heterocycles. The van der Waals surface area contributed by atoms with Crippen LogP contribution in [0, 0.1) is 0 Å². The van der Waals surface area contributed by atoms with Crippen LogP contribution in [-0.2, 0) is 0 Å². The molecule has 38 heavy (non-hydrogen) atoms. The van der Waals surface area contributed by atoms with E-state index >= 15 is 0 Å². The van der Waals surface area contributed by atoms with Crippen molar-refractivity contribution in [3.63, 3.8) is 0 Å². The highest BCUT2D eigenvalue weighted by molar-refractivity contribution is 6.19. The van der Waals surface area contributed by atoms with Gasteiger partial charge in [-0.2, -0.15) is 0 Å². The Morgan fingerprint density at radius 3 is 2.29 bits per heavy atom. The van der Waals surface area contributed by atoms with E-state index in [1.54, 1.807) is 0 Å². The molecular formula is C35H22N2O. The normalized spacial score (nSPS) is 15.7. The first-order valence-electron chi connectivity index (χ1n) is 13.1. The number of para-hydroxylation sites is 3. The van der Waals surface area contributed by atoms with E-state index in [9.17, 15) is 0 Å². The summed E-state index contributed by atoms with van der Waals surface area (Å²) in [5.41, 5.74) is 11.8. The van der Waals surface area contributed by atoms with Gasteiger partial charge < -0.3 is 9.32 Å². The van der Waals surface area contributed by atoms with Crippen LogP contribution in [0.25, 0.3) is 44.7 Å². The molecule has 0 saturated carbocycles. The van der Waals surface area contributed by atoms with Crippen molar-refractivity contribution in [2.75, 3.05) is 4.90 Å². The van der Waals surface area contributed by atoms with Gasteiger partial charge in [0.15, 0.2) is 0 Å². The molecule has 3 nitrogen and oxygen atoms in total. The minimum Gasteiger partial charge on any atom is -0.439 e. The molecule has 2 aliphatic rings. The van der Waals surface area contributed by atoms with Gasteiger partial charge in [-0.1, -0.05) is 84.9 Å². The van der Waals surface area contributed by atoms with Crippen molar-refractivity contribution in [2.24, 2.45) is 0 Å². The zero-order valence-corrected chi connectivity index (χ0v) is 20.5. The molecule has 0 N–H and O–H groups in total. The van der Waals surface area contributed by atoms with Crippen molar-refractivity contribution >= 4 is 50.4 Å². The number of hydrogen-bond donors (Lipinski definition) is 0. The number of fused-ring (bicyclic) bond motifs is 10. The monoisotopic (exact) mass is 486 g/mol. The number of hydrogen-bond acceptors (Lipinski definition) is 2. The Balaban J connectivity index is 1.28. The molecule has 1 aliphatic heterocycles. The summed E-state index contributed by atoms with van der Waals surface area (Å²) in [4.78, 5) is 2.44. The van der Waals surface area contributed by atoms with Crippen LogP contribution >= 0.6 is 0 Å². The van der Waals surface area contributed by atoms with E-state index in [0.717, 1.165) is 33.6 Å². The van der Waals surface area contributed by atoms with Gasteiger partial charge in [0.1, 0.15) is 5.58 Å². The van der Waals surface area contributed by atoms with Gasteiger partial charge >= 0.3 is 0 Å². The summed E-state index contributed by atoms with van der Waals surface area (Å²) in [6.07, 6.45) is 2.36. The van der Waals surface area contributed by atoms with Crippen molar-refractivity contribution < 1.29 is 4.42 Å². The maximum absolute atomic E-state index is 6.49. The molecule has 178 valence electrons. The highest BCUT2D eigenvalue weighted by atomic mass is 16.3.